The molecule has 0 spiro atoms. The van der Waals surface area contributed by atoms with Crippen LogP contribution in [0.4, 0.5) is 5.69 Å². The minimum atomic E-state index is -0.196. The molecule has 0 atom stereocenters. The summed E-state index contributed by atoms with van der Waals surface area (Å²) in [4.78, 5) is 15.1. The van der Waals surface area contributed by atoms with Gasteiger partial charge in [0.2, 0.25) is 0 Å². The van der Waals surface area contributed by atoms with E-state index in [0.29, 0.717) is 11.3 Å². The first kappa shape index (κ1) is 9.65. The second kappa shape index (κ2) is 3.48. The molecule has 2 aromatic heterocycles. The fraction of sp³-hybridized carbons (Fsp3) is 0. The monoisotopic (exact) mass is 226 g/mol. The van der Waals surface area contributed by atoms with Crippen LogP contribution in [0.15, 0.2) is 42.9 Å². The standard InChI is InChI=1S/C12H10N4O/c13-10-6-15-16(7-10)12(17)9-2-1-8-3-4-14-11(8)5-9/h1-7,14H,13H2. The van der Waals surface area contributed by atoms with Gasteiger partial charge in [-0.15, -0.1) is 0 Å². The first-order valence-corrected chi connectivity index (χ1v) is 5.16. The summed E-state index contributed by atoms with van der Waals surface area (Å²) in [6.45, 7) is 0. The lowest BCUT2D eigenvalue weighted by atomic mass is 10.1. The number of nitrogens with two attached hydrogens (primary N) is 1. The van der Waals surface area contributed by atoms with E-state index in [9.17, 15) is 4.79 Å². The Morgan fingerprint density at radius 1 is 1.35 bits per heavy atom. The minimum absolute atomic E-state index is 0.196. The summed E-state index contributed by atoms with van der Waals surface area (Å²) in [5, 5.41) is 4.96. The Kier molecular flexibility index (Phi) is 1.98. The molecule has 0 radical (unpaired) electrons. The average molecular weight is 226 g/mol. The van der Waals surface area contributed by atoms with Crippen LogP contribution in [0.25, 0.3) is 10.9 Å². The second-order valence-corrected chi connectivity index (χ2v) is 3.80. The zero-order valence-corrected chi connectivity index (χ0v) is 8.92. The highest BCUT2D eigenvalue weighted by Crippen LogP contribution is 2.15. The number of aromatic nitrogens is 3. The Morgan fingerprint density at radius 3 is 3.00 bits per heavy atom. The molecule has 84 valence electrons. The van der Waals surface area contributed by atoms with Crippen LogP contribution in [0.2, 0.25) is 0 Å². The molecule has 0 amide bonds. The molecule has 2 heterocycles. The second-order valence-electron chi connectivity index (χ2n) is 3.80. The number of nitrogens with zero attached hydrogens (tertiary/aromatic N) is 2. The lowest BCUT2D eigenvalue weighted by Gasteiger charge is -2.00. The summed E-state index contributed by atoms with van der Waals surface area (Å²) in [6.07, 6.45) is 4.79. The Balaban J connectivity index is 2.05. The smallest absolute Gasteiger partial charge is 0.278 e. The maximum absolute atomic E-state index is 12.1. The first-order chi connectivity index (χ1) is 8.24. The number of aromatic amines is 1. The van der Waals surface area contributed by atoms with Crippen LogP contribution < -0.4 is 5.73 Å². The predicted octanol–water partition coefficient (Wildman–Crippen LogP) is 1.64. The number of nitrogens with one attached hydrogen (secondary N) is 1. The highest BCUT2D eigenvalue weighted by Gasteiger charge is 2.10. The third kappa shape index (κ3) is 1.57. The number of benzene rings is 1. The van der Waals surface area contributed by atoms with Crippen LogP contribution in [0, 0.1) is 0 Å². The zero-order valence-electron chi connectivity index (χ0n) is 8.92. The van der Waals surface area contributed by atoms with Gasteiger partial charge in [-0.3, -0.25) is 4.79 Å². The summed E-state index contributed by atoms with van der Waals surface area (Å²) in [5.41, 5.74) is 7.50. The lowest BCUT2D eigenvalue weighted by Crippen LogP contribution is -2.12. The van der Waals surface area contributed by atoms with E-state index in [2.05, 4.69) is 10.1 Å². The molecule has 0 aliphatic rings. The number of H-pyrrole nitrogens is 1. The predicted molar refractivity (Wildman–Crippen MR) is 64.7 cm³/mol. The first-order valence-electron chi connectivity index (χ1n) is 5.16. The molecule has 3 N–H and O–H groups in total. The van der Waals surface area contributed by atoms with Crippen LogP contribution in [-0.4, -0.2) is 20.7 Å². The largest absolute Gasteiger partial charge is 0.396 e. The van der Waals surface area contributed by atoms with E-state index in [0.717, 1.165) is 10.9 Å². The number of hydrogen-bond acceptors (Lipinski definition) is 3. The fourth-order valence-corrected chi connectivity index (χ4v) is 1.76. The Morgan fingerprint density at radius 2 is 2.24 bits per heavy atom. The van der Waals surface area contributed by atoms with Crippen molar-refractivity contribution >= 4 is 22.5 Å². The van der Waals surface area contributed by atoms with Gasteiger partial charge in [0.1, 0.15) is 0 Å². The topological polar surface area (TPSA) is 76.7 Å². The molecule has 0 saturated carbocycles. The number of hydrogen-bond donors (Lipinski definition) is 2. The Hall–Kier alpha value is -2.56. The van der Waals surface area contributed by atoms with Gasteiger partial charge in [0, 0.05) is 17.3 Å². The van der Waals surface area contributed by atoms with Crippen molar-refractivity contribution in [1.29, 1.82) is 0 Å². The van der Waals surface area contributed by atoms with Gasteiger partial charge >= 0.3 is 0 Å². The van der Waals surface area contributed by atoms with Crippen molar-refractivity contribution < 1.29 is 4.79 Å². The van der Waals surface area contributed by atoms with Gasteiger partial charge in [-0.05, 0) is 23.6 Å². The van der Waals surface area contributed by atoms with Crippen molar-refractivity contribution in [1.82, 2.24) is 14.8 Å². The summed E-state index contributed by atoms with van der Waals surface area (Å²) >= 11 is 0. The molecule has 17 heavy (non-hydrogen) atoms. The van der Waals surface area contributed by atoms with Gasteiger partial charge in [-0.1, -0.05) is 6.07 Å². The molecule has 5 heteroatoms. The van der Waals surface area contributed by atoms with E-state index in [1.165, 1.54) is 17.1 Å². The quantitative estimate of drug-likeness (QED) is 0.662. The van der Waals surface area contributed by atoms with Crippen molar-refractivity contribution in [2.24, 2.45) is 0 Å². The summed E-state index contributed by atoms with van der Waals surface area (Å²) < 4.78 is 1.24. The Labute approximate surface area is 96.9 Å². The maximum atomic E-state index is 12.1. The summed E-state index contributed by atoms with van der Waals surface area (Å²) in [5.74, 6) is -0.196. The van der Waals surface area contributed by atoms with Gasteiger partial charge in [0.25, 0.3) is 5.91 Å². The van der Waals surface area contributed by atoms with Gasteiger partial charge in [-0.2, -0.15) is 5.10 Å². The minimum Gasteiger partial charge on any atom is -0.396 e. The number of rotatable bonds is 1. The molecular formula is C12H10N4O. The third-order valence-corrected chi connectivity index (χ3v) is 2.61. The molecule has 0 bridgehead atoms. The highest BCUT2D eigenvalue weighted by atomic mass is 16.2. The summed E-state index contributed by atoms with van der Waals surface area (Å²) in [7, 11) is 0. The molecule has 0 saturated heterocycles. The normalized spacial score (nSPS) is 10.8. The molecule has 3 rings (SSSR count). The highest BCUT2D eigenvalue weighted by molar-refractivity contribution is 5.98. The molecular weight excluding hydrogens is 216 g/mol. The van der Waals surface area contributed by atoms with Crippen LogP contribution in [0.5, 0.6) is 0 Å². The average Bonchev–Trinajstić information content (AvgIpc) is 2.95. The lowest BCUT2D eigenvalue weighted by molar-refractivity contribution is 0.0945. The van der Waals surface area contributed by atoms with E-state index in [1.54, 1.807) is 12.1 Å². The summed E-state index contributed by atoms with van der Waals surface area (Å²) in [6, 6.07) is 7.42. The zero-order chi connectivity index (χ0) is 11.8. The number of carbonyl (C=O) groups is 1. The molecule has 0 aliphatic carbocycles. The van der Waals surface area contributed by atoms with Gasteiger partial charge < -0.3 is 10.7 Å². The third-order valence-electron chi connectivity index (χ3n) is 2.61. The molecule has 5 nitrogen and oxygen atoms in total. The fourth-order valence-electron chi connectivity index (χ4n) is 1.76. The Bertz CT molecular complexity index is 695. The van der Waals surface area contributed by atoms with Crippen LogP contribution in [-0.2, 0) is 0 Å². The number of nitrogen functional groups attached to an aromatic ring is 1. The molecule has 3 aromatic rings. The van der Waals surface area contributed by atoms with Gasteiger partial charge in [0.05, 0.1) is 18.1 Å². The molecule has 0 unspecified atom stereocenters. The number of anilines is 1. The van der Waals surface area contributed by atoms with Crippen molar-refractivity contribution in [3.8, 4) is 0 Å². The molecule has 0 aliphatic heterocycles. The van der Waals surface area contributed by atoms with Crippen LogP contribution >= 0.6 is 0 Å². The van der Waals surface area contributed by atoms with E-state index in [-0.39, 0.29) is 5.91 Å². The molecule has 0 fully saturated rings. The van der Waals surface area contributed by atoms with Crippen LogP contribution in [0.1, 0.15) is 10.4 Å². The van der Waals surface area contributed by atoms with E-state index in [1.807, 2.05) is 18.3 Å². The SMILES string of the molecule is Nc1cnn(C(=O)c2ccc3cc[nH]c3c2)c1. The van der Waals surface area contributed by atoms with Gasteiger partial charge in [0.15, 0.2) is 0 Å². The van der Waals surface area contributed by atoms with Crippen molar-refractivity contribution in [2.75, 3.05) is 5.73 Å². The van der Waals surface area contributed by atoms with E-state index >= 15 is 0 Å². The van der Waals surface area contributed by atoms with Crippen molar-refractivity contribution in [3.05, 3.63) is 48.4 Å². The van der Waals surface area contributed by atoms with Crippen molar-refractivity contribution in [3.63, 3.8) is 0 Å². The van der Waals surface area contributed by atoms with E-state index < -0.39 is 0 Å². The number of fused-ring (bicyclic) bond motifs is 1. The molecule has 1 aromatic carbocycles. The van der Waals surface area contributed by atoms with Crippen molar-refractivity contribution in [2.45, 2.75) is 0 Å². The number of carbonyl (C=O) groups excluding carboxylic acids is 1. The van der Waals surface area contributed by atoms with E-state index in [4.69, 9.17) is 5.73 Å². The maximum Gasteiger partial charge on any atom is 0.278 e. The van der Waals surface area contributed by atoms with Crippen LogP contribution in [0.3, 0.4) is 0 Å². The van der Waals surface area contributed by atoms with Gasteiger partial charge in [-0.25, -0.2) is 4.68 Å².